The highest BCUT2D eigenvalue weighted by Gasteiger charge is 2.03. The van der Waals surface area contributed by atoms with Gasteiger partial charge in [-0.25, -0.2) is 0 Å². The SMILES string of the molecule is COc1ccccc1OCCn1cccc1CO. The summed E-state index contributed by atoms with van der Waals surface area (Å²) < 4.78 is 12.8. The van der Waals surface area contributed by atoms with Crippen LogP contribution in [0.4, 0.5) is 0 Å². The number of nitrogens with zero attached hydrogens (tertiary/aromatic N) is 1. The standard InChI is InChI=1S/C14H17NO3/c1-17-13-6-2-3-7-14(13)18-10-9-15-8-4-5-12(15)11-16/h2-8,16H,9-11H2,1H3. The zero-order valence-corrected chi connectivity index (χ0v) is 10.4. The first-order valence-electron chi connectivity index (χ1n) is 5.86. The Balaban J connectivity index is 1.92. The molecule has 0 aliphatic heterocycles. The van der Waals surface area contributed by atoms with Crippen LogP contribution in [0, 0.1) is 0 Å². The van der Waals surface area contributed by atoms with E-state index < -0.39 is 0 Å². The Hall–Kier alpha value is -1.94. The molecule has 1 aromatic carbocycles. The summed E-state index contributed by atoms with van der Waals surface area (Å²) in [5, 5.41) is 9.12. The summed E-state index contributed by atoms with van der Waals surface area (Å²) >= 11 is 0. The summed E-state index contributed by atoms with van der Waals surface area (Å²) in [4.78, 5) is 0. The Bertz CT molecular complexity index is 493. The highest BCUT2D eigenvalue weighted by atomic mass is 16.5. The number of aliphatic hydroxyl groups is 1. The first-order chi connectivity index (χ1) is 8.85. The third-order valence-corrected chi connectivity index (χ3v) is 2.74. The maximum absolute atomic E-state index is 9.12. The van der Waals surface area contributed by atoms with Crippen molar-refractivity contribution in [1.29, 1.82) is 0 Å². The number of para-hydroxylation sites is 2. The van der Waals surface area contributed by atoms with E-state index >= 15 is 0 Å². The number of hydrogen-bond donors (Lipinski definition) is 1. The Morgan fingerprint density at radius 2 is 1.89 bits per heavy atom. The van der Waals surface area contributed by atoms with E-state index in [2.05, 4.69) is 0 Å². The average molecular weight is 247 g/mol. The molecule has 18 heavy (non-hydrogen) atoms. The number of rotatable bonds is 6. The maximum Gasteiger partial charge on any atom is 0.161 e. The van der Waals surface area contributed by atoms with Gasteiger partial charge in [0.2, 0.25) is 0 Å². The number of hydrogen-bond acceptors (Lipinski definition) is 3. The Morgan fingerprint density at radius 1 is 1.11 bits per heavy atom. The molecule has 0 radical (unpaired) electrons. The van der Waals surface area contributed by atoms with Crippen molar-refractivity contribution in [2.24, 2.45) is 0 Å². The lowest BCUT2D eigenvalue weighted by Crippen LogP contribution is -2.10. The van der Waals surface area contributed by atoms with Crippen molar-refractivity contribution in [3.63, 3.8) is 0 Å². The van der Waals surface area contributed by atoms with E-state index in [1.54, 1.807) is 7.11 Å². The van der Waals surface area contributed by atoms with Crippen molar-refractivity contribution < 1.29 is 14.6 Å². The van der Waals surface area contributed by atoms with Crippen molar-refractivity contribution in [3.8, 4) is 11.5 Å². The van der Waals surface area contributed by atoms with E-state index in [-0.39, 0.29) is 6.61 Å². The second-order valence-electron chi connectivity index (χ2n) is 3.85. The van der Waals surface area contributed by atoms with Crippen LogP contribution in [0.15, 0.2) is 42.6 Å². The third-order valence-electron chi connectivity index (χ3n) is 2.74. The molecule has 0 spiro atoms. The normalized spacial score (nSPS) is 10.3. The molecule has 0 amide bonds. The summed E-state index contributed by atoms with van der Waals surface area (Å²) in [6, 6.07) is 11.4. The van der Waals surface area contributed by atoms with Crippen LogP contribution in [-0.4, -0.2) is 23.4 Å². The van der Waals surface area contributed by atoms with Crippen molar-refractivity contribution in [1.82, 2.24) is 4.57 Å². The minimum atomic E-state index is 0.0433. The van der Waals surface area contributed by atoms with E-state index in [0.29, 0.717) is 13.2 Å². The van der Waals surface area contributed by atoms with Gasteiger partial charge in [0.1, 0.15) is 6.61 Å². The lowest BCUT2D eigenvalue weighted by molar-refractivity contribution is 0.254. The van der Waals surface area contributed by atoms with Crippen LogP contribution >= 0.6 is 0 Å². The topological polar surface area (TPSA) is 43.6 Å². The smallest absolute Gasteiger partial charge is 0.161 e. The molecule has 1 aromatic heterocycles. The number of aromatic nitrogens is 1. The van der Waals surface area contributed by atoms with Gasteiger partial charge in [-0.1, -0.05) is 12.1 Å². The van der Waals surface area contributed by atoms with Gasteiger partial charge in [-0.2, -0.15) is 0 Å². The predicted octanol–water partition coefficient (Wildman–Crippen LogP) is 2.07. The van der Waals surface area contributed by atoms with Gasteiger partial charge in [0.05, 0.1) is 20.3 Å². The molecule has 0 unspecified atom stereocenters. The van der Waals surface area contributed by atoms with Crippen molar-refractivity contribution in [2.45, 2.75) is 13.2 Å². The minimum absolute atomic E-state index is 0.0433. The van der Waals surface area contributed by atoms with Crippen molar-refractivity contribution in [3.05, 3.63) is 48.3 Å². The molecule has 2 aromatic rings. The Labute approximate surface area is 106 Å². The summed E-state index contributed by atoms with van der Waals surface area (Å²) in [5.41, 5.74) is 0.888. The van der Waals surface area contributed by atoms with Gasteiger partial charge >= 0.3 is 0 Å². The summed E-state index contributed by atoms with van der Waals surface area (Å²) in [5.74, 6) is 1.46. The first kappa shape index (κ1) is 12.5. The Morgan fingerprint density at radius 3 is 2.61 bits per heavy atom. The molecule has 0 atom stereocenters. The highest BCUT2D eigenvalue weighted by molar-refractivity contribution is 5.39. The van der Waals surface area contributed by atoms with Crippen molar-refractivity contribution in [2.75, 3.05) is 13.7 Å². The molecule has 96 valence electrons. The molecule has 2 rings (SSSR count). The van der Waals surface area contributed by atoms with Gasteiger partial charge in [-0.15, -0.1) is 0 Å². The number of aliphatic hydroxyl groups excluding tert-OH is 1. The van der Waals surface area contributed by atoms with Gasteiger partial charge in [0.25, 0.3) is 0 Å². The zero-order valence-electron chi connectivity index (χ0n) is 10.4. The van der Waals surface area contributed by atoms with E-state index in [1.165, 1.54) is 0 Å². The first-order valence-corrected chi connectivity index (χ1v) is 5.86. The molecule has 0 bridgehead atoms. The van der Waals surface area contributed by atoms with E-state index in [9.17, 15) is 0 Å². The Kier molecular flexibility index (Phi) is 4.25. The average Bonchev–Trinajstić information content (AvgIpc) is 2.87. The summed E-state index contributed by atoms with van der Waals surface area (Å²) in [6.45, 7) is 1.27. The third kappa shape index (κ3) is 2.84. The molecule has 0 aliphatic carbocycles. The lowest BCUT2D eigenvalue weighted by Gasteiger charge is -2.11. The number of methoxy groups -OCH3 is 1. The lowest BCUT2D eigenvalue weighted by atomic mass is 10.3. The molecule has 4 heteroatoms. The van der Waals surface area contributed by atoms with Gasteiger partial charge in [0.15, 0.2) is 11.5 Å². The fourth-order valence-electron chi connectivity index (χ4n) is 1.80. The quantitative estimate of drug-likeness (QED) is 0.849. The fourth-order valence-corrected chi connectivity index (χ4v) is 1.80. The van der Waals surface area contributed by atoms with Crippen LogP contribution in [0.1, 0.15) is 5.69 Å². The number of ether oxygens (including phenoxy) is 2. The number of benzene rings is 1. The molecular weight excluding hydrogens is 230 g/mol. The second-order valence-corrected chi connectivity index (χ2v) is 3.85. The van der Waals surface area contributed by atoms with Crippen LogP contribution < -0.4 is 9.47 Å². The van der Waals surface area contributed by atoms with Gasteiger partial charge in [0, 0.05) is 11.9 Å². The minimum Gasteiger partial charge on any atom is -0.493 e. The predicted molar refractivity (Wildman–Crippen MR) is 68.8 cm³/mol. The maximum atomic E-state index is 9.12. The van der Waals surface area contributed by atoms with Gasteiger partial charge in [-0.05, 0) is 24.3 Å². The molecule has 4 nitrogen and oxygen atoms in total. The summed E-state index contributed by atoms with van der Waals surface area (Å²) in [7, 11) is 1.62. The fraction of sp³-hybridized carbons (Fsp3) is 0.286. The molecule has 1 N–H and O–H groups in total. The second kappa shape index (κ2) is 6.12. The summed E-state index contributed by atoms with van der Waals surface area (Å²) in [6.07, 6.45) is 1.93. The molecule has 1 heterocycles. The molecule has 0 fully saturated rings. The van der Waals surface area contributed by atoms with E-state index in [4.69, 9.17) is 14.6 Å². The highest BCUT2D eigenvalue weighted by Crippen LogP contribution is 2.25. The van der Waals surface area contributed by atoms with Crippen LogP contribution in [0.25, 0.3) is 0 Å². The molecular formula is C14H17NO3. The van der Waals surface area contributed by atoms with Crippen LogP contribution in [0.2, 0.25) is 0 Å². The van der Waals surface area contributed by atoms with Gasteiger partial charge in [-0.3, -0.25) is 0 Å². The van der Waals surface area contributed by atoms with Crippen molar-refractivity contribution >= 4 is 0 Å². The largest absolute Gasteiger partial charge is 0.493 e. The van der Waals surface area contributed by atoms with Crippen LogP contribution in [0.5, 0.6) is 11.5 Å². The van der Waals surface area contributed by atoms with Gasteiger partial charge < -0.3 is 19.1 Å². The molecule has 0 saturated heterocycles. The van der Waals surface area contributed by atoms with Crippen LogP contribution in [-0.2, 0) is 13.2 Å². The molecule has 0 saturated carbocycles. The molecule has 0 aliphatic rings. The van der Waals surface area contributed by atoms with Crippen LogP contribution in [0.3, 0.4) is 0 Å². The monoisotopic (exact) mass is 247 g/mol. The zero-order chi connectivity index (χ0) is 12.8. The van der Waals surface area contributed by atoms with E-state index in [0.717, 1.165) is 17.2 Å². The van der Waals surface area contributed by atoms with E-state index in [1.807, 2.05) is 47.2 Å².